The average Bonchev–Trinajstić information content (AvgIpc) is 2.42. The molecule has 0 bridgehead atoms. The Balaban J connectivity index is 3.33. The first-order valence-electron chi connectivity index (χ1n) is 4.14. The maximum absolute atomic E-state index is 10.8. The van der Waals surface area contributed by atoms with Crippen LogP contribution in [-0.2, 0) is 0 Å². The van der Waals surface area contributed by atoms with Crippen molar-refractivity contribution in [3.8, 4) is 0 Å². The Bertz CT molecular complexity index is 360. The van der Waals surface area contributed by atoms with Crippen molar-refractivity contribution in [1.82, 2.24) is 9.55 Å². The topological polar surface area (TPSA) is 81.1 Å². The van der Waals surface area contributed by atoms with Crippen molar-refractivity contribution in [2.24, 2.45) is 0 Å². The zero-order chi connectivity index (χ0) is 10.9. The zero-order valence-electron chi connectivity index (χ0n) is 8.31. The van der Waals surface area contributed by atoms with Gasteiger partial charge >= 0.3 is 5.97 Å². The van der Waals surface area contributed by atoms with Crippen LogP contribution in [0.25, 0.3) is 0 Å². The van der Waals surface area contributed by atoms with E-state index in [0.29, 0.717) is 5.16 Å². The summed E-state index contributed by atoms with van der Waals surface area (Å²) < 4.78 is 1.72. The highest BCUT2D eigenvalue weighted by Gasteiger charge is 2.20. The molecule has 0 atom stereocenters. The van der Waals surface area contributed by atoms with Crippen molar-refractivity contribution in [2.45, 2.75) is 25.0 Å². The summed E-state index contributed by atoms with van der Waals surface area (Å²) in [7, 11) is 0. The van der Waals surface area contributed by atoms with Gasteiger partial charge in [-0.2, -0.15) is 0 Å². The van der Waals surface area contributed by atoms with E-state index in [0.717, 1.165) is 0 Å². The maximum atomic E-state index is 10.8. The first-order chi connectivity index (χ1) is 6.49. The number of carboxylic acid groups (broad SMARTS) is 1. The number of nitrogens with zero attached hydrogens (tertiary/aromatic N) is 2. The van der Waals surface area contributed by atoms with E-state index in [1.165, 1.54) is 11.8 Å². The summed E-state index contributed by atoms with van der Waals surface area (Å²) in [6.07, 6.45) is 1.84. The summed E-state index contributed by atoms with van der Waals surface area (Å²) in [6, 6.07) is 0.109. The molecule has 1 rings (SSSR count). The third kappa shape index (κ3) is 1.70. The normalized spacial score (nSPS) is 10.9. The second-order valence-electron chi connectivity index (χ2n) is 3.10. The van der Waals surface area contributed by atoms with Crippen LogP contribution in [0.3, 0.4) is 0 Å². The average molecular weight is 215 g/mol. The van der Waals surface area contributed by atoms with Crippen LogP contribution in [0.15, 0.2) is 5.16 Å². The SMILES string of the molecule is CSc1nc(C(=O)O)c(N)n1C(C)C. The Kier molecular flexibility index (Phi) is 3.05. The number of hydrogen-bond acceptors (Lipinski definition) is 4. The van der Waals surface area contributed by atoms with Crippen LogP contribution in [0.4, 0.5) is 5.82 Å². The molecular formula is C8H13N3O2S. The lowest BCUT2D eigenvalue weighted by Crippen LogP contribution is -2.08. The summed E-state index contributed by atoms with van der Waals surface area (Å²) >= 11 is 1.38. The zero-order valence-corrected chi connectivity index (χ0v) is 9.13. The summed E-state index contributed by atoms with van der Waals surface area (Å²) in [4.78, 5) is 14.7. The number of thioether (sulfide) groups is 1. The first kappa shape index (κ1) is 10.9. The van der Waals surface area contributed by atoms with Gasteiger partial charge < -0.3 is 15.4 Å². The van der Waals surface area contributed by atoms with E-state index in [-0.39, 0.29) is 17.6 Å². The number of rotatable bonds is 3. The molecule has 0 aromatic carbocycles. The van der Waals surface area contributed by atoms with Gasteiger partial charge in [-0.25, -0.2) is 9.78 Å². The minimum absolute atomic E-state index is 0.0666. The number of carboxylic acids is 1. The molecule has 0 aliphatic carbocycles. The number of hydrogen-bond donors (Lipinski definition) is 2. The Morgan fingerprint density at radius 1 is 1.64 bits per heavy atom. The minimum Gasteiger partial charge on any atom is -0.476 e. The Labute approximate surface area is 86.3 Å². The predicted octanol–water partition coefficient (Wildman–Crippen LogP) is 1.47. The number of nitrogen functional groups attached to an aromatic ring is 1. The molecule has 0 fully saturated rings. The van der Waals surface area contributed by atoms with Crippen LogP contribution < -0.4 is 5.73 Å². The number of nitrogens with two attached hydrogens (primary N) is 1. The minimum atomic E-state index is -1.09. The molecule has 78 valence electrons. The van der Waals surface area contributed by atoms with Crippen molar-refractivity contribution >= 4 is 23.5 Å². The first-order valence-corrected chi connectivity index (χ1v) is 5.36. The number of anilines is 1. The van der Waals surface area contributed by atoms with Crippen LogP contribution >= 0.6 is 11.8 Å². The van der Waals surface area contributed by atoms with Gasteiger partial charge in [0, 0.05) is 6.04 Å². The van der Waals surface area contributed by atoms with Crippen molar-refractivity contribution in [3.63, 3.8) is 0 Å². The summed E-state index contributed by atoms with van der Waals surface area (Å²) in [5.74, 6) is -0.867. The summed E-state index contributed by atoms with van der Waals surface area (Å²) in [6.45, 7) is 3.87. The number of aromatic carboxylic acids is 1. The van der Waals surface area contributed by atoms with Gasteiger partial charge in [0.15, 0.2) is 10.9 Å². The highest BCUT2D eigenvalue weighted by atomic mass is 32.2. The van der Waals surface area contributed by atoms with E-state index in [2.05, 4.69) is 4.98 Å². The third-order valence-corrected chi connectivity index (χ3v) is 2.47. The largest absolute Gasteiger partial charge is 0.476 e. The molecule has 0 radical (unpaired) electrons. The van der Waals surface area contributed by atoms with Gasteiger partial charge in [-0.05, 0) is 20.1 Å². The van der Waals surface area contributed by atoms with Crippen molar-refractivity contribution < 1.29 is 9.90 Å². The molecule has 0 spiro atoms. The van der Waals surface area contributed by atoms with Gasteiger partial charge in [-0.3, -0.25) is 0 Å². The van der Waals surface area contributed by atoms with Crippen LogP contribution in [-0.4, -0.2) is 26.9 Å². The Morgan fingerprint density at radius 3 is 2.50 bits per heavy atom. The number of aromatic nitrogens is 2. The molecule has 14 heavy (non-hydrogen) atoms. The molecule has 6 heteroatoms. The summed E-state index contributed by atoms with van der Waals surface area (Å²) in [5, 5.41) is 9.45. The quantitative estimate of drug-likeness (QED) is 0.746. The molecule has 0 unspecified atom stereocenters. The molecule has 1 aromatic heterocycles. The third-order valence-electron chi connectivity index (χ3n) is 1.82. The smallest absolute Gasteiger partial charge is 0.358 e. The Hall–Kier alpha value is -1.17. The fourth-order valence-electron chi connectivity index (χ4n) is 1.22. The predicted molar refractivity (Wildman–Crippen MR) is 55.8 cm³/mol. The molecule has 0 saturated heterocycles. The fraction of sp³-hybridized carbons (Fsp3) is 0.500. The van der Waals surface area contributed by atoms with E-state index in [1.54, 1.807) is 4.57 Å². The van der Waals surface area contributed by atoms with E-state index in [9.17, 15) is 4.79 Å². The van der Waals surface area contributed by atoms with E-state index in [1.807, 2.05) is 20.1 Å². The highest BCUT2D eigenvalue weighted by Crippen LogP contribution is 2.25. The van der Waals surface area contributed by atoms with E-state index < -0.39 is 5.97 Å². The second kappa shape index (κ2) is 3.91. The van der Waals surface area contributed by atoms with E-state index in [4.69, 9.17) is 10.8 Å². The van der Waals surface area contributed by atoms with Gasteiger partial charge in [0.05, 0.1) is 0 Å². The van der Waals surface area contributed by atoms with Gasteiger partial charge in [-0.15, -0.1) is 0 Å². The number of imidazole rings is 1. The van der Waals surface area contributed by atoms with Crippen molar-refractivity contribution in [2.75, 3.05) is 12.0 Å². The second-order valence-corrected chi connectivity index (χ2v) is 3.87. The van der Waals surface area contributed by atoms with Gasteiger partial charge in [0.1, 0.15) is 5.82 Å². The van der Waals surface area contributed by atoms with Gasteiger partial charge in [0.2, 0.25) is 0 Å². The fourth-order valence-corrected chi connectivity index (χ4v) is 1.91. The lowest BCUT2D eigenvalue weighted by molar-refractivity contribution is 0.0692. The lowest BCUT2D eigenvalue weighted by Gasteiger charge is -2.11. The van der Waals surface area contributed by atoms with Gasteiger partial charge in [-0.1, -0.05) is 11.8 Å². The Morgan fingerprint density at radius 2 is 2.21 bits per heavy atom. The van der Waals surface area contributed by atoms with Gasteiger partial charge in [0.25, 0.3) is 0 Å². The molecule has 3 N–H and O–H groups in total. The molecular weight excluding hydrogens is 202 g/mol. The molecule has 1 aromatic rings. The van der Waals surface area contributed by atoms with Crippen LogP contribution in [0.1, 0.15) is 30.4 Å². The standard InChI is InChI=1S/C8H13N3O2S/c1-4(2)11-6(9)5(7(12)13)10-8(11)14-3/h4H,9H2,1-3H3,(H,12,13). The molecule has 0 aliphatic rings. The van der Waals surface area contributed by atoms with Crippen LogP contribution in [0.5, 0.6) is 0 Å². The van der Waals surface area contributed by atoms with Crippen molar-refractivity contribution in [3.05, 3.63) is 5.69 Å². The molecule has 0 aliphatic heterocycles. The van der Waals surface area contributed by atoms with E-state index >= 15 is 0 Å². The maximum Gasteiger partial charge on any atom is 0.358 e. The molecule has 5 nitrogen and oxygen atoms in total. The van der Waals surface area contributed by atoms with Crippen LogP contribution in [0.2, 0.25) is 0 Å². The van der Waals surface area contributed by atoms with Crippen molar-refractivity contribution in [1.29, 1.82) is 0 Å². The number of carbonyl (C=O) groups is 1. The lowest BCUT2D eigenvalue weighted by atomic mass is 10.3. The molecule has 1 heterocycles. The monoisotopic (exact) mass is 215 g/mol. The van der Waals surface area contributed by atoms with Crippen LogP contribution in [0, 0.1) is 0 Å². The molecule has 0 amide bonds. The molecule has 0 saturated carbocycles. The highest BCUT2D eigenvalue weighted by molar-refractivity contribution is 7.98. The summed E-state index contributed by atoms with van der Waals surface area (Å²) in [5.41, 5.74) is 5.62.